The van der Waals surface area contributed by atoms with E-state index in [0.29, 0.717) is 31.0 Å². The molecular formula is C13H19N3O. The highest BCUT2D eigenvalue weighted by molar-refractivity contribution is 5.94. The summed E-state index contributed by atoms with van der Waals surface area (Å²) < 4.78 is 1.84. The number of aryl methyl sites for hydroxylation is 1. The van der Waals surface area contributed by atoms with E-state index in [-0.39, 0.29) is 5.91 Å². The van der Waals surface area contributed by atoms with Gasteiger partial charge in [-0.1, -0.05) is 12.8 Å². The van der Waals surface area contributed by atoms with Gasteiger partial charge in [-0.3, -0.25) is 4.79 Å². The molecule has 92 valence electrons. The minimum Gasteiger partial charge on any atom is -0.397 e. The lowest BCUT2D eigenvalue weighted by Gasteiger charge is -2.20. The van der Waals surface area contributed by atoms with E-state index in [1.54, 1.807) is 17.2 Å². The molecule has 0 unspecified atom stereocenters. The Balaban J connectivity index is 2.96. The van der Waals surface area contributed by atoms with Crippen molar-refractivity contribution in [1.82, 2.24) is 9.47 Å². The van der Waals surface area contributed by atoms with Crippen molar-refractivity contribution in [1.29, 1.82) is 0 Å². The predicted octanol–water partition coefficient (Wildman–Crippen LogP) is 1.58. The predicted molar refractivity (Wildman–Crippen MR) is 69.5 cm³/mol. The van der Waals surface area contributed by atoms with Crippen molar-refractivity contribution in [2.24, 2.45) is 0 Å². The van der Waals surface area contributed by atoms with Crippen LogP contribution in [0.1, 0.15) is 30.8 Å². The molecule has 0 bridgehead atoms. The van der Waals surface area contributed by atoms with Crippen LogP contribution in [0.15, 0.2) is 12.3 Å². The van der Waals surface area contributed by atoms with Crippen molar-refractivity contribution < 1.29 is 4.79 Å². The maximum Gasteiger partial charge on any atom is 0.271 e. The first kappa shape index (κ1) is 13.2. The van der Waals surface area contributed by atoms with Crippen LogP contribution >= 0.6 is 0 Å². The molecule has 2 N–H and O–H groups in total. The van der Waals surface area contributed by atoms with Gasteiger partial charge in [0.2, 0.25) is 0 Å². The van der Waals surface area contributed by atoms with E-state index in [1.807, 2.05) is 18.4 Å². The Morgan fingerprint density at radius 1 is 1.59 bits per heavy atom. The molecule has 17 heavy (non-hydrogen) atoms. The maximum absolute atomic E-state index is 12.3. The summed E-state index contributed by atoms with van der Waals surface area (Å²) in [6.45, 7) is 5.71. The Morgan fingerprint density at radius 2 is 2.29 bits per heavy atom. The molecule has 0 atom stereocenters. The Morgan fingerprint density at radius 3 is 2.82 bits per heavy atom. The van der Waals surface area contributed by atoms with Crippen LogP contribution in [0.3, 0.4) is 0 Å². The number of nitrogens with two attached hydrogens (primary N) is 1. The minimum absolute atomic E-state index is 0.0525. The molecule has 0 aliphatic carbocycles. The highest BCUT2D eigenvalue weighted by atomic mass is 16.2. The number of anilines is 1. The van der Waals surface area contributed by atoms with E-state index in [1.165, 1.54) is 0 Å². The number of hydrogen-bond donors (Lipinski definition) is 1. The monoisotopic (exact) mass is 233 g/mol. The zero-order valence-electron chi connectivity index (χ0n) is 10.4. The van der Waals surface area contributed by atoms with Crippen LogP contribution in [0.5, 0.6) is 0 Å². The highest BCUT2D eigenvalue weighted by Gasteiger charge is 2.18. The van der Waals surface area contributed by atoms with Crippen molar-refractivity contribution in [3.63, 3.8) is 0 Å². The normalized spacial score (nSPS) is 9.94. The third kappa shape index (κ3) is 3.04. The van der Waals surface area contributed by atoms with E-state index in [0.717, 1.165) is 6.42 Å². The SMILES string of the molecule is C#CCN(CCC)C(=O)c1cc(N)cn1CC. The molecule has 1 rings (SSSR count). The van der Waals surface area contributed by atoms with Gasteiger partial charge in [-0.25, -0.2) is 0 Å². The molecule has 4 nitrogen and oxygen atoms in total. The van der Waals surface area contributed by atoms with Crippen molar-refractivity contribution in [3.8, 4) is 12.3 Å². The standard InChI is InChI=1S/C13H19N3O/c1-4-7-16(8-5-2)13(17)12-9-11(14)10-15(12)6-3/h1,9-10H,5-8,14H2,2-3H3. The summed E-state index contributed by atoms with van der Waals surface area (Å²) in [6.07, 6.45) is 7.93. The number of carbonyl (C=O) groups excluding carboxylic acids is 1. The Labute approximate surface area is 102 Å². The molecule has 1 heterocycles. The second-order valence-corrected chi connectivity index (χ2v) is 3.88. The van der Waals surface area contributed by atoms with Crippen molar-refractivity contribution in [3.05, 3.63) is 18.0 Å². The Bertz CT molecular complexity index is 428. The van der Waals surface area contributed by atoms with Gasteiger partial charge in [-0.15, -0.1) is 6.42 Å². The van der Waals surface area contributed by atoms with Crippen LogP contribution in [-0.2, 0) is 6.54 Å². The highest BCUT2D eigenvalue weighted by Crippen LogP contribution is 2.13. The average Bonchev–Trinajstić information content (AvgIpc) is 2.69. The number of terminal acetylenes is 1. The lowest BCUT2D eigenvalue weighted by Crippen LogP contribution is -2.33. The molecule has 0 saturated carbocycles. The molecule has 0 radical (unpaired) electrons. The van der Waals surface area contributed by atoms with Gasteiger partial charge in [0.1, 0.15) is 5.69 Å². The molecular weight excluding hydrogens is 214 g/mol. The van der Waals surface area contributed by atoms with Gasteiger partial charge in [0.25, 0.3) is 5.91 Å². The van der Waals surface area contributed by atoms with E-state index in [4.69, 9.17) is 12.2 Å². The van der Waals surface area contributed by atoms with E-state index < -0.39 is 0 Å². The van der Waals surface area contributed by atoms with Crippen molar-refractivity contribution in [2.75, 3.05) is 18.8 Å². The fourth-order valence-corrected chi connectivity index (χ4v) is 1.77. The number of nitrogen functional groups attached to an aromatic ring is 1. The van der Waals surface area contributed by atoms with Gasteiger partial charge >= 0.3 is 0 Å². The number of amides is 1. The quantitative estimate of drug-likeness (QED) is 0.785. The number of aromatic nitrogens is 1. The van der Waals surface area contributed by atoms with Crippen LogP contribution in [0.25, 0.3) is 0 Å². The largest absolute Gasteiger partial charge is 0.397 e. The molecule has 0 aromatic carbocycles. The number of rotatable bonds is 5. The van der Waals surface area contributed by atoms with Crippen molar-refractivity contribution >= 4 is 11.6 Å². The van der Waals surface area contributed by atoms with Gasteiger partial charge in [0, 0.05) is 19.3 Å². The average molecular weight is 233 g/mol. The smallest absolute Gasteiger partial charge is 0.271 e. The number of carbonyl (C=O) groups is 1. The molecule has 0 saturated heterocycles. The molecule has 1 aromatic rings. The summed E-state index contributed by atoms with van der Waals surface area (Å²) in [7, 11) is 0. The first-order chi connectivity index (χ1) is 8.13. The molecule has 4 heteroatoms. The second kappa shape index (κ2) is 6.00. The molecule has 1 aromatic heterocycles. The summed E-state index contributed by atoms with van der Waals surface area (Å²) >= 11 is 0. The summed E-state index contributed by atoms with van der Waals surface area (Å²) in [6, 6.07) is 1.70. The molecule has 0 aliphatic rings. The summed E-state index contributed by atoms with van der Waals surface area (Å²) in [4.78, 5) is 13.9. The van der Waals surface area contributed by atoms with Gasteiger partial charge in [-0.2, -0.15) is 0 Å². The maximum atomic E-state index is 12.3. The lowest BCUT2D eigenvalue weighted by atomic mass is 10.3. The molecule has 0 spiro atoms. The number of hydrogen-bond acceptors (Lipinski definition) is 2. The summed E-state index contributed by atoms with van der Waals surface area (Å²) in [5.74, 6) is 2.46. The number of nitrogens with zero attached hydrogens (tertiary/aromatic N) is 2. The van der Waals surface area contributed by atoms with E-state index in [2.05, 4.69) is 5.92 Å². The Hall–Kier alpha value is -1.89. The fourth-order valence-electron chi connectivity index (χ4n) is 1.77. The van der Waals surface area contributed by atoms with Gasteiger partial charge in [0.15, 0.2) is 0 Å². The summed E-state index contributed by atoms with van der Waals surface area (Å²) in [5, 5.41) is 0. The fraction of sp³-hybridized carbons (Fsp3) is 0.462. The Kier molecular flexibility index (Phi) is 4.65. The van der Waals surface area contributed by atoms with Crippen LogP contribution in [-0.4, -0.2) is 28.5 Å². The zero-order valence-corrected chi connectivity index (χ0v) is 10.4. The third-order valence-corrected chi connectivity index (χ3v) is 2.54. The first-order valence-corrected chi connectivity index (χ1v) is 5.82. The second-order valence-electron chi connectivity index (χ2n) is 3.88. The van der Waals surface area contributed by atoms with E-state index >= 15 is 0 Å². The van der Waals surface area contributed by atoms with Crippen LogP contribution in [0.2, 0.25) is 0 Å². The molecule has 1 amide bonds. The van der Waals surface area contributed by atoms with Crippen molar-refractivity contribution in [2.45, 2.75) is 26.8 Å². The first-order valence-electron chi connectivity index (χ1n) is 5.82. The topological polar surface area (TPSA) is 51.3 Å². The third-order valence-electron chi connectivity index (χ3n) is 2.54. The minimum atomic E-state index is -0.0525. The molecule has 0 aliphatic heterocycles. The summed E-state index contributed by atoms with van der Waals surface area (Å²) in [5.41, 5.74) is 6.92. The van der Waals surface area contributed by atoms with Gasteiger partial charge in [-0.05, 0) is 19.4 Å². The van der Waals surface area contributed by atoms with Crippen LogP contribution < -0.4 is 5.73 Å². The van der Waals surface area contributed by atoms with Crippen LogP contribution in [0, 0.1) is 12.3 Å². The zero-order chi connectivity index (χ0) is 12.8. The van der Waals surface area contributed by atoms with E-state index in [9.17, 15) is 4.79 Å². The van der Waals surface area contributed by atoms with Crippen LogP contribution in [0.4, 0.5) is 5.69 Å². The molecule has 0 fully saturated rings. The van der Waals surface area contributed by atoms with Gasteiger partial charge < -0.3 is 15.2 Å². The van der Waals surface area contributed by atoms with Gasteiger partial charge in [0.05, 0.1) is 12.2 Å². The lowest BCUT2D eigenvalue weighted by molar-refractivity contribution is 0.0766.